The van der Waals surface area contributed by atoms with Crippen LogP contribution in [0.3, 0.4) is 0 Å². The van der Waals surface area contributed by atoms with E-state index in [-0.39, 0.29) is 12.8 Å². The molecule has 0 amide bonds. The van der Waals surface area contributed by atoms with Gasteiger partial charge in [0.1, 0.15) is 15.2 Å². The van der Waals surface area contributed by atoms with Crippen molar-refractivity contribution in [2.75, 3.05) is 18.2 Å². The lowest BCUT2D eigenvalue weighted by molar-refractivity contribution is -0.212. The highest BCUT2D eigenvalue weighted by atomic mass is 79.9. The highest BCUT2D eigenvalue weighted by Crippen LogP contribution is 2.52. The smallest absolute Gasteiger partial charge is 0.141 e. The lowest BCUT2D eigenvalue weighted by Gasteiger charge is -2.30. The number of aliphatic hydroxyl groups is 1. The molecule has 0 aliphatic heterocycles. The summed E-state index contributed by atoms with van der Waals surface area (Å²) in [7, 11) is -8.64. The van der Waals surface area contributed by atoms with E-state index >= 15 is 0 Å². The number of halogens is 1. The Kier molecular flexibility index (Phi) is 6.39. The zero-order valence-electron chi connectivity index (χ0n) is 9.09. The molecule has 16 heavy (non-hydrogen) atoms. The summed E-state index contributed by atoms with van der Waals surface area (Å²) >= 11 is 3.08. The van der Waals surface area contributed by atoms with Crippen LogP contribution >= 0.6 is 31.1 Å². The molecule has 0 spiro atoms. The second-order valence-corrected chi connectivity index (χ2v) is 8.35. The minimum Gasteiger partial charge on any atom is -0.778 e. The van der Waals surface area contributed by atoms with E-state index in [2.05, 4.69) is 20.2 Å². The van der Waals surface area contributed by atoms with Crippen molar-refractivity contribution in [2.45, 2.75) is 25.4 Å². The molecule has 0 rings (SSSR count). The molecule has 0 radical (unpaired) electrons. The first-order chi connectivity index (χ1) is 6.97. The van der Waals surface area contributed by atoms with E-state index in [4.69, 9.17) is 0 Å². The third kappa shape index (κ3) is 8.88. The Morgan fingerprint density at radius 3 is 2.31 bits per heavy atom. The molecule has 0 fully saturated rings. The van der Waals surface area contributed by atoms with E-state index < -0.39 is 27.0 Å². The summed E-state index contributed by atoms with van der Waals surface area (Å²) in [5.74, 6) is 0. The molecule has 98 valence electrons. The molecule has 0 aromatic heterocycles. The van der Waals surface area contributed by atoms with E-state index in [1.165, 1.54) is 0 Å². The number of rotatable bonds is 7. The monoisotopic (exact) mass is 336 g/mol. The summed E-state index contributed by atoms with van der Waals surface area (Å²) < 4.78 is 25.8. The molecule has 3 unspecified atom stereocenters. The summed E-state index contributed by atoms with van der Waals surface area (Å²) in [6.07, 6.45) is -0.0314. The Bertz CT molecular complexity index is 312. The summed E-state index contributed by atoms with van der Waals surface area (Å²) in [6, 6.07) is 0. The quantitative estimate of drug-likeness (QED) is 0.540. The lowest BCUT2D eigenvalue weighted by Crippen LogP contribution is -2.26. The fourth-order valence-corrected chi connectivity index (χ4v) is 3.95. The van der Waals surface area contributed by atoms with Crippen LogP contribution in [0.4, 0.5) is 0 Å². The number of hydrogen-bond donors (Lipinski definition) is 1. The molecule has 3 atom stereocenters. The zero-order valence-corrected chi connectivity index (χ0v) is 12.5. The molecule has 6 nitrogen and oxygen atoms in total. The predicted molar refractivity (Wildman–Crippen MR) is 60.7 cm³/mol. The van der Waals surface area contributed by atoms with Crippen molar-refractivity contribution in [3.63, 3.8) is 0 Å². The van der Waals surface area contributed by atoms with Gasteiger partial charge in [-0.25, -0.2) is 0 Å². The molecule has 0 aliphatic rings. The van der Waals surface area contributed by atoms with Crippen molar-refractivity contribution in [1.29, 1.82) is 0 Å². The zero-order chi connectivity index (χ0) is 13.0. The maximum atomic E-state index is 11.2. The van der Waals surface area contributed by atoms with Gasteiger partial charge < -0.3 is 24.0 Å². The third-order valence-corrected chi connectivity index (χ3v) is 5.96. The average molecular weight is 337 g/mol. The van der Waals surface area contributed by atoms with Crippen LogP contribution in [0.1, 0.15) is 19.8 Å². The molecule has 0 heterocycles. The van der Waals surface area contributed by atoms with Gasteiger partial charge in [-0.2, -0.15) is 0 Å². The van der Waals surface area contributed by atoms with E-state index in [9.17, 15) is 24.0 Å². The molecule has 0 aliphatic carbocycles. The molecule has 9 heteroatoms. The van der Waals surface area contributed by atoms with Gasteiger partial charge in [0, 0.05) is 18.2 Å². The second-order valence-electron chi connectivity index (χ2n) is 3.92. The van der Waals surface area contributed by atoms with Gasteiger partial charge in [0.25, 0.3) is 0 Å². The summed E-state index contributed by atoms with van der Waals surface area (Å²) in [5.41, 5.74) is -1.01. The maximum absolute atomic E-state index is 11.2. The third-order valence-electron chi connectivity index (χ3n) is 1.71. The first-order valence-electron chi connectivity index (χ1n) is 4.56. The van der Waals surface area contributed by atoms with Gasteiger partial charge in [-0.05, 0) is 19.8 Å². The van der Waals surface area contributed by atoms with Crippen LogP contribution < -0.4 is 9.79 Å². The standard InChI is InChI=1S/C7H17BrO6P2/c1-7(9,6-8)4-3-5-16(12,13)14-15(2,10)11/h9H,3-6H2,1-2H3,(H,10,11)(H,12,13)/p-2. The van der Waals surface area contributed by atoms with Gasteiger partial charge >= 0.3 is 0 Å². The molecule has 1 N–H and O–H groups in total. The van der Waals surface area contributed by atoms with E-state index in [1.807, 2.05) is 0 Å². The van der Waals surface area contributed by atoms with Crippen LogP contribution in [-0.4, -0.2) is 28.9 Å². The van der Waals surface area contributed by atoms with Crippen molar-refractivity contribution in [3.8, 4) is 0 Å². The molecule has 0 saturated carbocycles. The Morgan fingerprint density at radius 2 is 1.94 bits per heavy atom. The Labute approximate surface area is 103 Å². The molecule has 0 saturated heterocycles. The van der Waals surface area contributed by atoms with Crippen molar-refractivity contribution < 1.29 is 28.3 Å². The highest BCUT2D eigenvalue weighted by molar-refractivity contribution is 9.09. The van der Waals surface area contributed by atoms with Crippen LogP contribution in [0, 0.1) is 0 Å². The molecular weight excluding hydrogens is 322 g/mol. The Morgan fingerprint density at radius 1 is 1.44 bits per heavy atom. The number of hydrogen-bond acceptors (Lipinski definition) is 6. The first-order valence-corrected chi connectivity index (χ1v) is 9.40. The van der Waals surface area contributed by atoms with Gasteiger partial charge in [0.15, 0.2) is 0 Å². The van der Waals surface area contributed by atoms with Gasteiger partial charge in [-0.3, -0.25) is 4.31 Å². The van der Waals surface area contributed by atoms with Crippen LogP contribution in [-0.2, 0) is 13.4 Å². The van der Waals surface area contributed by atoms with Gasteiger partial charge in [-0.1, -0.05) is 15.9 Å². The van der Waals surface area contributed by atoms with Crippen LogP contribution in [0.15, 0.2) is 0 Å². The van der Waals surface area contributed by atoms with E-state index in [1.54, 1.807) is 6.92 Å². The maximum Gasteiger partial charge on any atom is 0.141 e. The van der Waals surface area contributed by atoms with E-state index in [0.717, 1.165) is 0 Å². The molecule has 0 bridgehead atoms. The van der Waals surface area contributed by atoms with E-state index in [0.29, 0.717) is 12.0 Å². The summed E-state index contributed by atoms with van der Waals surface area (Å²) in [5, 5.41) is 9.87. The first kappa shape index (κ1) is 16.8. The highest BCUT2D eigenvalue weighted by Gasteiger charge is 2.20. The van der Waals surface area contributed by atoms with Crippen molar-refractivity contribution in [2.24, 2.45) is 0 Å². The van der Waals surface area contributed by atoms with Crippen molar-refractivity contribution in [3.05, 3.63) is 0 Å². The van der Waals surface area contributed by atoms with Crippen LogP contribution in [0.25, 0.3) is 0 Å². The lowest BCUT2D eigenvalue weighted by atomic mass is 10.0. The fraction of sp³-hybridized carbons (Fsp3) is 1.00. The minimum absolute atomic E-state index is 0.138. The fourth-order valence-electron chi connectivity index (χ4n) is 0.987. The normalized spacial score (nSPS) is 23.1. The Balaban J connectivity index is 4.11. The molecule has 0 aromatic carbocycles. The average Bonchev–Trinajstić information content (AvgIpc) is 1.98. The molecular formula is C7H15BrO6P2-2. The van der Waals surface area contributed by atoms with Crippen molar-refractivity contribution >= 4 is 31.1 Å². The Hall–Kier alpha value is 0.780. The summed E-state index contributed by atoms with van der Waals surface area (Å²) in [6.45, 7) is 2.25. The topological polar surface area (TPSA) is 110 Å². The predicted octanol–water partition coefficient (Wildman–Crippen LogP) is 0.666. The largest absolute Gasteiger partial charge is 0.778 e. The van der Waals surface area contributed by atoms with Crippen LogP contribution in [0.5, 0.6) is 0 Å². The van der Waals surface area contributed by atoms with Crippen molar-refractivity contribution in [1.82, 2.24) is 0 Å². The SMILES string of the molecule is CC(O)(CBr)CCCP(=O)([O-])OP(C)(=O)[O-]. The van der Waals surface area contributed by atoms with Crippen LogP contribution in [0.2, 0.25) is 0 Å². The number of alkyl halides is 1. The molecule has 0 aromatic rings. The van der Waals surface area contributed by atoms with Gasteiger partial charge in [-0.15, -0.1) is 0 Å². The second kappa shape index (κ2) is 6.10. The minimum atomic E-state index is -4.36. The van der Waals surface area contributed by atoms with Gasteiger partial charge in [0.2, 0.25) is 0 Å². The van der Waals surface area contributed by atoms with Gasteiger partial charge in [0.05, 0.1) is 5.60 Å². The summed E-state index contributed by atoms with van der Waals surface area (Å²) in [4.78, 5) is 21.8.